The third-order valence-corrected chi connectivity index (χ3v) is 5.58. The van der Waals surface area contributed by atoms with Crippen molar-refractivity contribution < 1.29 is 18.8 Å². The van der Waals surface area contributed by atoms with Crippen LogP contribution in [-0.2, 0) is 17.9 Å². The van der Waals surface area contributed by atoms with E-state index in [0.29, 0.717) is 34.8 Å². The number of hydrogen-bond acceptors (Lipinski definition) is 5. The Bertz CT molecular complexity index is 1350. The van der Waals surface area contributed by atoms with Gasteiger partial charge in [0.1, 0.15) is 5.76 Å². The Morgan fingerprint density at radius 2 is 1.54 bits per heavy atom. The van der Waals surface area contributed by atoms with Gasteiger partial charge in [-0.3, -0.25) is 14.4 Å². The molecule has 37 heavy (non-hydrogen) atoms. The predicted octanol–water partition coefficient (Wildman–Crippen LogP) is 4.53. The molecule has 0 radical (unpaired) electrons. The van der Waals surface area contributed by atoms with Gasteiger partial charge in [-0.05, 0) is 54.1 Å². The van der Waals surface area contributed by atoms with Gasteiger partial charge in [0, 0.05) is 36.1 Å². The van der Waals surface area contributed by atoms with Crippen molar-refractivity contribution in [2.45, 2.75) is 13.1 Å². The lowest BCUT2D eigenvalue weighted by molar-refractivity contribution is -0.114. The standard InChI is InChI=1S/C29H28N4O4/c1-33(20-21-8-3-2-4-9-21)29(36)23-11-6-13-25(17-23)32-27(34)19-30-24-12-5-10-22(16-24)28(35)31-18-26-14-7-15-37-26/h2-17,30H,18-20H2,1H3,(H,31,35)(H,32,34). The van der Waals surface area contributed by atoms with Gasteiger partial charge in [-0.25, -0.2) is 0 Å². The maximum Gasteiger partial charge on any atom is 0.253 e. The summed E-state index contributed by atoms with van der Waals surface area (Å²) >= 11 is 0. The highest BCUT2D eigenvalue weighted by Gasteiger charge is 2.13. The fraction of sp³-hybridized carbons (Fsp3) is 0.138. The molecule has 3 aromatic carbocycles. The summed E-state index contributed by atoms with van der Waals surface area (Å²) in [6, 6.07) is 27.0. The maximum atomic E-state index is 12.9. The second kappa shape index (κ2) is 12.2. The average Bonchev–Trinajstić information content (AvgIpc) is 3.45. The van der Waals surface area contributed by atoms with E-state index in [0.717, 1.165) is 5.56 Å². The smallest absolute Gasteiger partial charge is 0.253 e. The molecule has 0 aliphatic rings. The number of nitrogens with zero attached hydrogens (tertiary/aromatic N) is 1. The summed E-state index contributed by atoms with van der Waals surface area (Å²) in [5.74, 6) is -0.00810. The highest BCUT2D eigenvalue weighted by atomic mass is 16.3. The summed E-state index contributed by atoms with van der Waals surface area (Å²) in [5, 5.41) is 8.63. The van der Waals surface area contributed by atoms with Gasteiger partial charge in [0.05, 0.1) is 19.4 Å². The van der Waals surface area contributed by atoms with Crippen LogP contribution in [0.15, 0.2) is 102 Å². The molecule has 8 heteroatoms. The molecule has 0 bridgehead atoms. The second-order valence-electron chi connectivity index (χ2n) is 8.47. The van der Waals surface area contributed by atoms with E-state index in [4.69, 9.17) is 4.42 Å². The molecule has 0 spiro atoms. The Hall–Kier alpha value is -4.85. The summed E-state index contributed by atoms with van der Waals surface area (Å²) in [4.78, 5) is 39.4. The fourth-order valence-corrected chi connectivity index (χ4v) is 3.72. The Kier molecular flexibility index (Phi) is 8.33. The Balaban J connectivity index is 1.29. The van der Waals surface area contributed by atoms with Crippen LogP contribution >= 0.6 is 0 Å². The third-order valence-electron chi connectivity index (χ3n) is 5.58. The van der Waals surface area contributed by atoms with Gasteiger partial charge in [0.2, 0.25) is 5.91 Å². The maximum absolute atomic E-state index is 12.9. The van der Waals surface area contributed by atoms with Gasteiger partial charge in [-0.15, -0.1) is 0 Å². The van der Waals surface area contributed by atoms with Crippen molar-refractivity contribution >= 4 is 29.1 Å². The first-order valence-corrected chi connectivity index (χ1v) is 11.8. The summed E-state index contributed by atoms with van der Waals surface area (Å²) in [7, 11) is 1.75. The molecule has 1 heterocycles. The van der Waals surface area contributed by atoms with Crippen molar-refractivity contribution in [1.29, 1.82) is 0 Å². The van der Waals surface area contributed by atoms with Crippen molar-refractivity contribution in [2.75, 3.05) is 24.2 Å². The molecular weight excluding hydrogens is 468 g/mol. The molecule has 0 aliphatic carbocycles. The van der Waals surface area contributed by atoms with Crippen molar-refractivity contribution in [2.24, 2.45) is 0 Å². The molecule has 0 saturated heterocycles. The fourth-order valence-electron chi connectivity index (χ4n) is 3.72. The van der Waals surface area contributed by atoms with E-state index >= 15 is 0 Å². The SMILES string of the molecule is CN(Cc1ccccc1)C(=O)c1cccc(NC(=O)CNc2cccc(C(=O)NCc3ccco3)c2)c1. The lowest BCUT2D eigenvalue weighted by Gasteiger charge is -2.18. The number of rotatable bonds is 10. The number of carbonyl (C=O) groups excluding carboxylic acids is 3. The number of nitrogens with one attached hydrogen (secondary N) is 3. The van der Waals surface area contributed by atoms with Crippen LogP contribution < -0.4 is 16.0 Å². The Morgan fingerprint density at radius 1 is 0.811 bits per heavy atom. The van der Waals surface area contributed by atoms with Crippen molar-refractivity contribution in [3.63, 3.8) is 0 Å². The molecule has 8 nitrogen and oxygen atoms in total. The minimum Gasteiger partial charge on any atom is -0.467 e. The van der Waals surface area contributed by atoms with E-state index in [1.54, 1.807) is 78.9 Å². The summed E-state index contributed by atoms with van der Waals surface area (Å²) in [6.45, 7) is 0.763. The molecule has 0 saturated carbocycles. The largest absolute Gasteiger partial charge is 0.467 e. The number of hydrogen-bond donors (Lipinski definition) is 3. The first-order chi connectivity index (χ1) is 18.0. The van der Waals surface area contributed by atoms with E-state index in [1.165, 1.54) is 0 Å². The number of carbonyl (C=O) groups is 3. The van der Waals surface area contributed by atoms with Gasteiger partial charge in [-0.1, -0.05) is 42.5 Å². The summed E-state index contributed by atoms with van der Waals surface area (Å²) in [6.07, 6.45) is 1.55. The zero-order valence-electron chi connectivity index (χ0n) is 20.4. The van der Waals surface area contributed by atoms with Crippen LogP contribution in [0.5, 0.6) is 0 Å². The van der Waals surface area contributed by atoms with Gasteiger partial charge < -0.3 is 25.3 Å². The minimum absolute atomic E-state index is 0.0104. The predicted molar refractivity (Wildman–Crippen MR) is 142 cm³/mol. The average molecular weight is 497 g/mol. The van der Waals surface area contributed by atoms with Gasteiger partial charge in [0.25, 0.3) is 11.8 Å². The van der Waals surface area contributed by atoms with E-state index in [2.05, 4.69) is 16.0 Å². The molecule has 188 valence electrons. The zero-order chi connectivity index (χ0) is 26.0. The third kappa shape index (κ3) is 7.32. The van der Waals surface area contributed by atoms with Crippen LogP contribution in [0.3, 0.4) is 0 Å². The molecule has 0 aliphatic heterocycles. The van der Waals surface area contributed by atoms with E-state index < -0.39 is 0 Å². The lowest BCUT2D eigenvalue weighted by atomic mass is 10.1. The number of benzene rings is 3. The molecule has 0 atom stereocenters. The Labute approximate surface area is 215 Å². The first-order valence-electron chi connectivity index (χ1n) is 11.8. The Morgan fingerprint density at radius 3 is 2.30 bits per heavy atom. The molecule has 0 fully saturated rings. The van der Waals surface area contributed by atoms with Crippen molar-refractivity contribution in [3.05, 3.63) is 120 Å². The van der Waals surface area contributed by atoms with Crippen molar-refractivity contribution in [3.8, 4) is 0 Å². The van der Waals surface area contributed by atoms with Gasteiger partial charge >= 0.3 is 0 Å². The lowest BCUT2D eigenvalue weighted by Crippen LogP contribution is -2.26. The number of furan rings is 1. The van der Waals surface area contributed by atoms with E-state index in [1.807, 2.05) is 30.3 Å². The highest BCUT2D eigenvalue weighted by molar-refractivity contribution is 5.98. The molecule has 0 unspecified atom stereocenters. The monoisotopic (exact) mass is 496 g/mol. The van der Waals surface area contributed by atoms with E-state index in [-0.39, 0.29) is 30.8 Å². The van der Waals surface area contributed by atoms with E-state index in [9.17, 15) is 14.4 Å². The van der Waals surface area contributed by atoms with Crippen LogP contribution in [0.25, 0.3) is 0 Å². The normalized spacial score (nSPS) is 10.4. The van der Waals surface area contributed by atoms with Crippen LogP contribution in [0.2, 0.25) is 0 Å². The number of amides is 3. The molecular formula is C29H28N4O4. The van der Waals surface area contributed by atoms with Gasteiger partial charge in [0.15, 0.2) is 0 Å². The minimum atomic E-state index is -0.282. The quantitative estimate of drug-likeness (QED) is 0.299. The van der Waals surface area contributed by atoms with Crippen LogP contribution in [0.1, 0.15) is 32.0 Å². The topological polar surface area (TPSA) is 104 Å². The number of anilines is 2. The molecule has 3 amide bonds. The van der Waals surface area contributed by atoms with Gasteiger partial charge in [-0.2, -0.15) is 0 Å². The molecule has 3 N–H and O–H groups in total. The zero-order valence-corrected chi connectivity index (χ0v) is 20.4. The second-order valence-corrected chi connectivity index (χ2v) is 8.47. The molecule has 1 aromatic heterocycles. The van der Waals surface area contributed by atoms with Crippen LogP contribution in [-0.4, -0.2) is 36.2 Å². The summed E-state index contributed by atoms with van der Waals surface area (Å²) < 4.78 is 5.22. The first kappa shape index (κ1) is 25.2. The van der Waals surface area contributed by atoms with Crippen molar-refractivity contribution in [1.82, 2.24) is 10.2 Å². The highest BCUT2D eigenvalue weighted by Crippen LogP contribution is 2.15. The van der Waals surface area contributed by atoms with Crippen LogP contribution in [0, 0.1) is 0 Å². The van der Waals surface area contributed by atoms with Crippen LogP contribution in [0.4, 0.5) is 11.4 Å². The summed E-state index contributed by atoms with van der Waals surface area (Å²) in [5.41, 5.74) is 3.14. The molecule has 4 aromatic rings. The molecule has 4 rings (SSSR count).